The molecule has 5 heteroatoms. The number of nitrogens with zero attached hydrogens (tertiary/aromatic N) is 2. The second-order valence-electron chi connectivity index (χ2n) is 5.47. The molecule has 4 N–H and O–H groups in total. The number of nitrogens with two attached hydrogens (primary N) is 1. The molecule has 0 saturated carbocycles. The van der Waals surface area contributed by atoms with Crippen LogP contribution in [0.2, 0.25) is 0 Å². The first-order chi connectivity index (χ1) is 11.1. The van der Waals surface area contributed by atoms with Crippen molar-refractivity contribution in [2.24, 2.45) is 0 Å². The first-order valence-corrected chi connectivity index (χ1v) is 7.40. The molecule has 0 bridgehead atoms. The molecule has 0 radical (unpaired) electrons. The predicted molar refractivity (Wildman–Crippen MR) is 95.4 cm³/mol. The van der Waals surface area contributed by atoms with Crippen molar-refractivity contribution in [3.63, 3.8) is 0 Å². The number of rotatable bonds is 4. The Morgan fingerprint density at radius 1 is 0.913 bits per heavy atom. The number of anilines is 5. The average molecular weight is 305 g/mol. The van der Waals surface area contributed by atoms with E-state index >= 15 is 0 Å². The molecule has 0 aliphatic rings. The highest BCUT2D eigenvalue weighted by Gasteiger charge is 2.05. The zero-order valence-corrected chi connectivity index (χ0v) is 13.2. The number of hydrogen-bond acceptors (Lipinski definition) is 5. The van der Waals surface area contributed by atoms with E-state index in [0.717, 1.165) is 22.8 Å². The fraction of sp³-hybridized carbons (Fsp3) is 0.111. The van der Waals surface area contributed by atoms with Crippen molar-refractivity contribution >= 4 is 28.8 Å². The van der Waals surface area contributed by atoms with Gasteiger partial charge in [-0.15, -0.1) is 0 Å². The standard InChI is InChI=1S/C18H19N5/c1-12-5-3-7-15(9-12)22-18-20-11-13(2)17(23-18)21-16-8-4-6-14(19)10-16/h3-11H,19H2,1-2H3,(H2,20,21,22,23). The first-order valence-electron chi connectivity index (χ1n) is 7.40. The van der Waals surface area contributed by atoms with Crippen LogP contribution in [0.3, 0.4) is 0 Å². The number of nitrogen functional groups attached to an aromatic ring is 1. The molecule has 3 rings (SSSR count). The molecular weight excluding hydrogens is 286 g/mol. The second kappa shape index (κ2) is 6.36. The van der Waals surface area contributed by atoms with Gasteiger partial charge in [0.1, 0.15) is 5.82 Å². The fourth-order valence-electron chi connectivity index (χ4n) is 2.23. The number of nitrogens with one attached hydrogen (secondary N) is 2. The van der Waals surface area contributed by atoms with Gasteiger partial charge in [-0.2, -0.15) is 4.98 Å². The van der Waals surface area contributed by atoms with Crippen LogP contribution in [0.25, 0.3) is 0 Å². The highest BCUT2D eigenvalue weighted by Crippen LogP contribution is 2.22. The van der Waals surface area contributed by atoms with Gasteiger partial charge in [0, 0.05) is 28.8 Å². The molecule has 0 atom stereocenters. The summed E-state index contributed by atoms with van der Waals surface area (Å²) >= 11 is 0. The van der Waals surface area contributed by atoms with Crippen molar-refractivity contribution in [1.82, 2.24) is 9.97 Å². The number of aryl methyl sites for hydroxylation is 2. The summed E-state index contributed by atoms with van der Waals surface area (Å²) in [6.45, 7) is 4.01. The largest absolute Gasteiger partial charge is 0.399 e. The van der Waals surface area contributed by atoms with Crippen LogP contribution in [0.15, 0.2) is 54.7 Å². The summed E-state index contributed by atoms with van der Waals surface area (Å²) in [4.78, 5) is 8.88. The van der Waals surface area contributed by atoms with Crippen molar-refractivity contribution in [2.45, 2.75) is 13.8 Å². The highest BCUT2D eigenvalue weighted by molar-refractivity contribution is 5.64. The quantitative estimate of drug-likeness (QED) is 0.631. The number of hydrogen-bond donors (Lipinski definition) is 3. The van der Waals surface area contributed by atoms with E-state index in [4.69, 9.17) is 5.73 Å². The third-order valence-electron chi connectivity index (χ3n) is 3.40. The van der Waals surface area contributed by atoms with Gasteiger partial charge in [-0.05, 0) is 49.7 Å². The Morgan fingerprint density at radius 3 is 2.39 bits per heavy atom. The molecule has 1 aromatic heterocycles. The molecule has 0 unspecified atom stereocenters. The molecule has 5 nitrogen and oxygen atoms in total. The highest BCUT2D eigenvalue weighted by atomic mass is 15.1. The molecule has 0 aliphatic carbocycles. The van der Waals surface area contributed by atoms with E-state index in [9.17, 15) is 0 Å². The lowest BCUT2D eigenvalue weighted by Gasteiger charge is -2.11. The van der Waals surface area contributed by atoms with Crippen molar-refractivity contribution in [3.8, 4) is 0 Å². The van der Waals surface area contributed by atoms with Crippen molar-refractivity contribution in [2.75, 3.05) is 16.4 Å². The van der Waals surface area contributed by atoms with Crippen molar-refractivity contribution < 1.29 is 0 Å². The van der Waals surface area contributed by atoms with Crippen LogP contribution in [0.1, 0.15) is 11.1 Å². The summed E-state index contributed by atoms with van der Waals surface area (Å²) in [7, 11) is 0. The molecule has 0 aliphatic heterocycles. The third kappa shape index (κ3) is 3.77. The Balaban J connectivity index is 1.84. The Hall–Kier alpha value is -3.08. The summed E-state index contributed by atoms with van der Waals surface area (Å²) in [6, 6.07) is 15.7. The lowest BCUT2D eigenvalue weighted by Crippen LogP contribution is -2.03. The Bertz CT molecular complexity index is 829. The van der Waals surface area contributed by atoms with Gasteiger partial charge >= 0.3 is 0 Å². The lowest BCUT2D eigenvalue weighted by atomic mass is 10.2. The molecular formula is C18H19N5. The van der Waals surface area contributed by atoms with Crippen LogP contribution in [-0.2, 0) is 0 Å². The first kappa shape index (κ1) is 14.8. The van der Waals surface area contributed by atoms with Crippen LogP contribution in [0, 0.1) is 13.8 Å². The van der Waals surface area contributed by atoms with Crippen LogP contribution >= 0.6 is 0 Å². The smallest absolute Gasteiger partial charge is 0.229 e. The van der Waals surface area contributed by atoms with Gasteiger partial charge < -0.3 is 16.4 Å². The monoisotopic (exact) mass is 305 g/mol. The summed E-state index contributed by atoms with van der Waals surface area (Å²) in [5, 5.41) is 6.50. The second-order valence-corrected chi connectivity index (χ2v) is 5.47. The van der Waals surface area contributed by atoms with Gasteiger partial charge in [0.15, 0.2) is 0 Å². The van der Waals surface area contributed by atoms with Crippen LogP contribution in [-0.4, -0.2) is 9.97 Å². The maximum atomic E-state index is 5.81. The van der Waals surface area contributed by atoms with Gasteiger partial charge in [-0.3, -0.25) is 0 Å². The number of benzene rings is 2. The lowest BCUT2D eigenvalue weighted by molar-refractivity contribution is 1.13. The van der Waals surface area contributed by atoms with E-state index in [1.165, 1.54) is 5.56 Å². The predicted octanol–water partition coefficient (Wildman–Crippen LogP) is 4.16. The fourth-order valence-corrected chi connectivity index (χ4v) is 2.23. The molecule has 0 amide bonds. The van der Waals surface area contributed by atoms with E-state index in [2.05, 4.69) is 20.6 Å². The SMILES string of the molecule is Cc1cccc(Nc2ncc(C)c(Nc3cccc(N)c3)n2)c1. The maximum Gasteiger partial charge on any atom is 0.229 e. The van der Waals surface area contributed by atoms with Crippen molar-refractivity contribution in [3.05, 3.63) is 65.9 Å². The molecule has 0 spiro atoms. The van der Waals surface area contributed by atoms with Gasteiger partial charge in [0.25, 0.3) is 0 Å². The zero-order chi connectivity index (χ0) is 16.2. The topological polar surface area (TPSA) is 75.9 Å². The van der Waals surface area contributed by atoms with E-state index < -0.39 is 0 Å². The molecule has 0 saturated heterocycles. The molecule has 2 aromatic carbocycles. The average Bonchev–Trinajstić information content (AvgIpc) is 2.51. The molecule has 1 heterocycles. The number of aromatic nitrogens is 2. The van der Waals surface area contributed by atoms with E-state index in [1.807, 2.05) is 62.4 Å². The minimum Gasteiger partial charge on any atom is -0.399 e. The molecule has 116 valence electrons. The van der Waals surface area contributed by atoms with Gasteiger partial charge in [-0.25, -0.2) is 4.98 Å². The van der Waals surface area contributed by atoms with E-state index in [-0.39, 0.29) is 0 Å². The van der Waals surface area contributed by atoms with Gasteiger partial charge in [-0.1, -0.05) is 18.2 Å². The molecule has 23 heavy (non-hydrogen) atoms. The zero-order valence-electron chi connectivity index (χ0n) is 13.2. The van der Waals surface area contributed by atoms with Crippen molar-refractivity contribution in [1.29, 1.82) is 0 Å². The third-order valence-corrected chi connectivity index (χ3v) is 3.40. The Kier molecular flexibility index (Phi) is 4.10. The summed E-state index contributed by atoms with van der Waals surface area (Å²) in [5.74, 6) is 1.30. The summed E-state index contributed by atoms with van der Waals surface area (Å²) in [6.07, 6.45) is 1.79. The summed E-state index contributed by atoms with van der Waals surface area (Å²) < 4.78 is 0. The minimum atomic E-state index is 0.549. The maximum absolute atomic E-state index is 5.81. The Labute approximate surface area is 135 Å². The van der Waals surface area contributed by atoms with Gasteiger partial charge in [0.2, 0.25) is 5.95 Å². The Morgan fingerprint density at radius 2 is 1.65 bits per heavy atom. The van der Waals surface area contributed by atoms with E-state index in [0.29, 0.717) is 11.6 Å². The minimum absolute atomic E-state index is 0.549. The van der Waals surface area contributed by atoms with Crippen LogP contribution in [0.4, 0.5) is 28.8 Å². The van der Waals surface area contributed by atoms with E-state index in [1.54, 1.807) is 6.20 Å². The van der Waals surface area contributed by atoms with Gasteiger partial charge in [0.05, 0.1) is 0 Å². The molecule has 0 fully saturated rings. The molecule has 3 aromatic rings. The van der Waals surface area contributed by atoms with Crippen LogP contribution < -0.4 is 16.4 Å². The normalized spacial score (nSPS) is 10.3. The summed E-state index contributed by atoms with van der Waals surface area (Å²) in [5.41, 5.74) is 10.5. The van der Waals surface area contributed by atoms with Crippen LogP contribution in [0.5, 0.6) is 0 Å².